The van der Waals surface area contributed by atoms with Gasteiger partial charge in [0.2, 0.25) is 0 Å². The van der Waals surface area contributed by atoms with Crippen molar-refractivity contribution in [3.63, 3.8) is 0 Å². The van der Waals surface area contributed by atoms with Gasteiger partial charge in [0.15, 0.2) is 0 Å². The van der Waals surface area contributed by atoms with E-state index in [1.165, 1.54) is 6.33 Å². The molecule has 122 valence electrons. The number of anilines is 3. The third kappa shape index (κ3) is 4.18. The largest absolute Gasteiger partial charge is 0.378 e. The van der Waals surface area contributed by atoms with Crippen LogP contribution in [0.5, 0.6) is 0 Å². The lowest BCUT2D eigenvalue weighted by molar-refractivity contribution is 0.102. The number of rotatable bonds is 6. The summed E-state index contributed by atoms with van der Waals surface area (Å²) in [6.07, 6.45) is 1.43. The van der Waals surface area contributed by atoms with Gasteiger partial charge in [-0.3, -0.25) is 4.79 Å². The van der Waals surface area contributed by atoms with E-state index < -0.39 is 0 Å². The molecule has 0 aliphatic heterocycles. The quantitative estimate of drug-likeness (QED) is 0.888. The van der Waals surface area contributed by atoms with Gasteiger partial charge in [-0.25, -0.2) is 9.97 Å². The second-order valence-corrected chi connectivity index (χ2v) is 5.33. The molecule has 1 N–H and O–H groups in total. The van der Waals surface area contributed by atoms with Crippen molar-refractivity contribution in [1.29, 1.82) is 0 Å². The average molecular weight is 313 g/mol. The zero-order chi connectivity index (χ0) is 16.8. The van der Waals surface area contributed by atoms with Crippen molar-refractivity contribution in [1.82, 2.24) is 9.97 Å². The van der Waals surface area contributed by atoms with E-state index in [1.54, 1.807) is 6.07 Å². The van der Waals surface area contributed by atoms with E-state index in [0.717, 1.165) is 30.3 Å². The first-order valence-corrected chi connectivity index (χ1v) is 7.70. The van der Waals surface area contributed by atoms with Crippen molar-refractivity contribution in [2.45, 2.75) is 13.8 Å². The second-order valence-electron chi connectivity index (χ2n) is 5.33. The minimum Gasteiger partial charge on any atom is -0.378 e. The van der Waals surface area contributed by atoms with Crippen LogP contribution >= 0.6 is 0 Å². The third-order valence-electron chi connectivity index (χ3n) is 3.61. The van der Waals surface area contributed by atoms with Gasteiger partial charge in [-0.05, 0) is 38.1 Å². The zero-order valence-electron chi connectivity index (χ0n) is 14.1. The van der Waals surface area contributed by atoms with Crippen LogP contribution in [0.4, 0.5) is 17.2 Å². The summed E-state index contributed by atoms with van der Waals surface area (Å²) in [5.74, 6) is 0.525. The molecular weight excluding hydrogens is 290 g/mol. The van der Waals surface area contributed by atoms with Crippen LogP contribution in [0, 0.1) is 0 Å². The van der Waals surface area contributed by atoms with E-state index in [-0.39, 0.29) is 5.91 Å². The van der Waals surface area contributed by atoms with Gasteiger partial charge in [0.05, 0.1) is 0 Å². The Hall–Kier alpha value is -2.63. The Bertz CT molecular complexity index is 650. The molecule has 1 aromatic heterocycles. The van der Waals surface area contributed by atoms with Crippen molar-refractivity contribution < 1.29 is 4.79 Å². The molecule has 0 saturated heterocycles. The predicted octanol–water partition coefficient (Wildman–Crippen LogP) is 2.64. The molecule has 2 rings (SSSR count). The molecule has 0 spiro atoms. The topological polar surface area (TPSA) is 61.4 Å². The van der Waals surface area contributed by atoms with Crippen LogP contribution in [0.15, 0.2) is 36.7 Å². The Morgan fingerprint density at radius 2 is 1.74 bits per heavy atom. The van der Waals surface area contributed by atoms with E-state index in [4.69, 9.17) is 0 Å². The fourth-order valence-corrected chi connectivity index (χ4v) is 2.23. The Kier molecular flexibility index (Phi) is 5.51. The summed E-state index contributed by atoms with van der Waals surface area (Å²) in [5.41, 5.74) is 2.18. The van der Waals surface area contributed by atoms with Crippen LogP contribution in [-0.2, 0) is 0 Å². The Labute approximate surface area is 137 Å². The lowest BCUT2D eigenvalue weighted by Crippen LogP contribution is -2.24. The third-order valence-corrected chi connectivity index (χ3v) is 3.61. The minimum atomic E-state index is -0.238. The lowest BCUT2D eigenvalue weighted by atomic mass is 10.2. The van der Waals surface area contributed by atoms with Gasteiger partial charge < -0.3 is 15.1 Å². The summed E-state index contributed by atoms with van der Waals surface area (Å²) in [7, 11) is 3.95. The molecule has 6 nitrogen and oxygen atoms in total. The summed E-state index contributed by atoms with van der Waals surface area (Å²) < 4.78 is 0. The second kappa shape index (κ2) is 7.58. The number of carbonyl (C=O) groups excluding carboxylic acids is 1. The first-order chi connectivity index (χ1) is 11.0. The number of carbonyl (C=O) groups is 1. The number of benzene rings is 1. The highest BCUT2D eigenvalue weighted by Crippen LogP contribution is 2.17. The highest BCUT2D eigenvalue weighted by molar-refractivity contribution is 6.03. The number of hydrogen-bond donors (Lipinski definition) is 1. The van der Waals surface area contributed by atoms with Crippen molar-refractivity contribution in [3.8, 4) is 0 Å². The zero-order valence-corrected chi connectivity index (χ0v) is 14.1. The normalized spacial score (nSPS) is 10.3. The molecule has 0 unspecified atom stereocenters. The van der Waals surface area contributed by atoms with E-state index in [1.807, 2.05) is 43.3 Å². The van der Waals surface area contributed by atoms with Gasteiger partial charge in [0.25, 0.3) is 5.91 Å². The molecule has 0 aliphatic rings. The van der Waals surface area contributed by atoms with Crippen molar-refractivity contribution in [2.75, 3.05) is 42.3 Å². The summed E-state index contributed by atoms with van der Waals surface area (Å²) in [6.45, 7) is 5.77. The standard InChI is InChI=1S/C17H23N5O/c1-5-22(6-2)16-11-15(18-12-19-16)17(23)20-13-7-9-14(10-8-13)21(3)4/h7-12H,5-6H2,1-4H3,(H,20,23). The molecule has 1 aromatic carbocycles. The predicted molar refractivity (Wildman–Crippen MR) is 94.3 cm³/mol. The molecule has 0 atom stereocenters. The van der Waals surface area contributed by atoms with Crippen LogP contribution in [0.25, 0.3) is 0 Å². The molecule has 0 fully saturated rings. The first kappa shape index (κ1) is 16.7. The molecule has 0 saturated carbocycles. The number of aromatic nitrogens is 2. The minimum absolute atomic E-state index is 0.238. The first-order valence-electron chi connectivity index (χ1n) is 7.70. The highest BCUT2D eigenvalue weighted by atomic mass is 16.1. The monoisotopic (exact) mass is 313 g/mol. The van der Waals surface area contributed by atoms with E-state index in [0.29, 0.717) is 5.69 Å². The molecule has 0 aliphatic carbocycles. The maximum Gasteiger partial charge on any atom is 0.274 e. The Morgan fingerprint density at radius 3 is 2.30 bits per heavy atom. The van der Waals surface area contributed by atoms with Gasteiger partial charge in [-0.15, -0.1) is 0 Å². The van der Waals surface area contributed by atoms with Gasteiger partial charge in [-0.2, -0.15) is 0 Å². The van der Waals surface area contributed by atoms with Crippen LogP contribution < -0.4 is 15.1 Å². The summed E-state index contributed by atoms with van der Waals surface area (Å²) in [6, 6.07) is 9.38. The highest BCUT2D eigenvalue weighted by Gasteiger charge is 2.11. The summed E-state index contributed by atoms with van der Waals surface area (Å²) >= 11 is 0. The SMILES string of the molecule is CCN(CC)c1cc(C(=O)Nc2ccc(N(C)C)cc2)ncn1. The Balaban J connectivity index is 2.12. The van der Waals surface area contributed by atoms with Crippen LogP contribution in [-0.4, -0.2) is 43.1 Å². The van der Waals surface area contributed by atoms with E-state index in [2.05, 4.69) is 34.0 Å². The van der Waals surface area contributed by atoms with Gasteiger partial charge in [-0.1, -0.05) is 0 Å². The lowest BCUT2D eigenvalue weighted by Gasteiger charge is -2.19. The maximum absolute atomic E-state index is 12.4. The number of hydrogen-bond acceptors (Lipinski definition) is 5. The fraction of sp³-hybridized carbons (Fsp3) is 0.353. The summed E-state index contributed by atoms with van der Waals surface area (Å²) in [5, 5.41) is 2.86. The van der Waals surface area contributed by atoms with E-state index >= 15 is 0 Å². The van der Waals surface area contributed by atoms with Crippen molar-refractivity contribution in [3.05, 3.63) is 42.4 Å². The fourth-order valence-electron chi connectivity index (χ4n) is 2.23. The molecule has 0 radical (unpaired) electrons. The van der Waals surface area contributed by atoms with Gasteiger partial charge >= 0.3 is 0 Å². The number of nitrogens with zero attached hydrogens (tertiary/aromatic N) is 4. The van der Waals surface area contributed by atoms with Gasteiger partial charge in [0.1, 0.15) is 17.8 Å². The maximum atomic E-state index is 12.4. The number of amides is 1. The van der Waals surface area contributed by atoms with Crippen LogP contribution in [0.1, 0.15) is 24.3 Å². The van der Waals surface area contributed by atoms with E-state index in [9.17, 15) is 4.79 Å². The summed E-state index contributed by atoms with van der Waals surface area (Å²) in [4.78, 5) is 24.7. The number of nitrogens with one attached hydrogen (secondary N) is 1. The van der Waals surface area contributed by atoms with Crippen LogP contribution in [0.3, 0.4) is 0 Å². The molecule has 23 heavy (non-hydrogen) atoms. The molecule has 6 heteroatoms. The Morgan fingerprint density at radius 1 is 1.09 bits per heavy atom. The molecule has 2 aromatic rings. The van der Waals surface area contributed by atoms with Crippen molar-refractivity contribution in [2.24, 2.45) is 0 Å². The average Bonchev–Trinajstić information content (AvgIpc) is 2.57. The smallest absolute Gasteiger partial charge is 0.274 e. The molecular formula is C17H23N5O. The van der Waals surface area contributed by atoms with Gasteiger partial charge in [0, 0.05) is 44.6 Å². The molecule has 0 bridgehead atoms. The van der Waals surface area contributed by atoms with Crippen molar-refractivity contribution >= 4 is 23.1 Å². The van der Waals surface area contributed by atoms with Crippen LogP contribution in [0.2, 0.25) is 0 Å². The molecule has 1 heterocycles. The molecule has 1 amide bonds.